The van der Waals surface area contributed by atoms with E-state index in [0.717, 1.165) is 13.4 Å². The molecule has 0 aliphatic carbocycles. The molecule has 8 N–H and O–H groups in total. The van der Waals surface area contributed by atoms with Crippen molar-refractivity contribution in [1.29, 1.82) is 0 Å². The van der Waals surface area contributed by atoms with Gasteiger partial charge in [0.15, 0.2) is 29.1 Å². The number of phosphoric ester groups is 1. The largest absolute Gasteiger partial charge is 0.506 e. The van der Waals surface area contributed by atoms with Crippen LogP contribution in [0.1, 0.15) is 6.23 Å². The Labute approximate surface area is 178 Å². The van der Waals surface area contributed by atoms with Gasteiger partial charge in [-0.05, 0) is 7.05 Å². The number of phosphoric acid groups is 2. The van der Waals surface area contributed by atoms with Crippen molar-refractivity contribution in [2.24, 2.45) is 0 Å². The minimum atomic E-state index is -5.55. The highest BCUT2D eigenvalue weighted by Crippen LogP contribution is 2.66. The van der Waals surface area contributed by atoms with E-state index in [-0.39, 0.29) is 17.0 Å². The Morgan fingerprint density at radius 1 is 1.19 bits per heavy atom. The SMILES string of the molecule is CNP(=O)(O)OP(=O)(O)OP(=O)(O)OCC1=C(O)C(O)[C@H](n2cnc3c(N)ncnc32)O1. The second-order valence-corrected chi connectivity index (χ2v) is 10.9. The number of aliphatic hydroxyl groups excluding tert-OH is 2. The number of hydrogen-bond acceptors (Lipinski definition) is 13. The number of imidazole rings is 1. The summed E-state index contributed by atoms with van der Waals surface area (Å²) in [5, 5.41) is 22.0. The lowest BCUT2D eigenvalue weighted by atomic mass is 10.2. The average Bonchev–Trinajstić information content (AvgIpc) is 3.21. The van der Waals surface area contributed by atoms with Gasteiger partial charge < -0.3 is 35.4 Å². The minimum absolute atomic E-state index is 0.0432. The van der Waals surface area contributed by atoms with Crippen LogP contribution in [0.2, 0.25) is 0 Å². The molecule has 18 nitrogen and oxygen atoms in total. The normalized spacial score (nSPS) is 24.7. The van der Waals surface area contributed by atoms with E-state index in [2.05, 4.69) is 28.1 Å². The Balaban J connectivity index is 1.70. The fourth-order valence-electron chi connectivity index (χ4n) is 2.43. The molecule has 32 heavy (non-hydrogen) atoms. The number of nitrogens with one attached hydrogen (secondary N) is 1. The Morgan fingerprint density at radius 2 is 1.88 bits per heavy atom. The maximum absolute atomic E-state index is 11.9. The zero-order valence-electron chi connectivity index (χ0n) is 15.8. The summed E-state index contributed by atoms with van der Waals surface area (Å²) in [5.41, 5.74) is 6.00. The van der Waals surface area contributed by atoms with Crippen molar-refractivity contribution in [1.82, 2.24) is 24.6 Å². The number of rotatable bonds is 9. The van der Waals surface area contributed by atoms with Crippen LogP contribution in [0.25, 0.3) is 11.2 Å². The quantitative estimate of drug-likeness (QED) is 0.209. The number of hydrogen-bond donors (Lipinski definition) is 7. The first-order valence-electron chi connectivity index (χ1n) is 8.19. The van der Waals surface area contributed by atoms with Crippen LogP contribution in [0.15, 0.2) is 24.2 Å². The van der Waals surface area contributed by atoms with Gasteiger partial charge in [0.2, 0.25) is 6.23 Å². The number of aromatic nitrogens is 4. The number of aliphatic hydroxyl groups is 2. The number of anilines is 1. The third-order valence-electron chi connectivity index (χ3n) is 3.82. The molecule has 4 unspecified atom stereocenters. The van der Waals surface area contributed by atoms with Gasteiger partial charge in [0.1, 0.15) is 24.8 Å². The predicted octanol–water partition coefficient (Wildman–Crippen LogP) is -0.362. The molecule has 5 atom stereocenters. The zero-order valence-corrected chi connectivity index (χ0v) is 18.5. The smallest absolute Gasteiger partial charge is 0.489 e. The molecule has 178 valence electrons. The van der Waals surface area contributed by atoms with Crippen molar-refractivity contribution >= 4 is 40.4 Å². The van der Waals surface area contributed by atoms with E-state index in [1.807, 2.05) is 0 Å². The molecule has 3 rings (SSSR count). The summed E-state index contributed by atoms with van der Waals surface area (Å²) >= 11 is 0. The van der Waals surface area contributed by atoms with Crippen LogP contribution in [0, 0.1) is 0 Å². The van der Waals surface area contributed by atoms with E-state index in [9.17, 15) is 33.7 Å². The number of nitrogens with zero attached hydrogens (tertiary/aromatic N) is 4. The molecule has 0 amide bonds. The molecule has 1 aliphatic rings. The van der Waals surface area contributed by atoms with Crippen molar-refractivity contribution in [3.8, 4) is 0 Å². The van der Waals surface area contributed by atoms with Crippen LogP contribution in [-0.2, 0) is 31.6 Å². The highest BCUT2D eigenvalue weighted by atomic mass is 31.3. The van der Waals surface area contributed by atoms with Crippen molar-refractivity contribution in [3.05, 3.63) is 24.2 Å². The van der Waals surface area contributed by atoms with E-state index in [4.69, 9.17) is 15.4 Å². The first-order valence-corrected chi connectivity index (χ1v) is 12.8. The maximum Gasteiger partial charge on any atom is 0.489 e. The van der Waals surface area contributed by atoms with Crippen molar-refractivity contribution in [3.63, 3.8) is 0 Å². The van der Waals surface area contributed by atoms with E-state index in [1.165, 1.54) is 10.9 Å². The fraction of sp³-hybridized carbons (Fsp3) is 0.364. The molecule has 0 radical (unpaired) electrons. The van der Waals surface area contributed by atoms with Crippen LogP contribution >= 0.6 is 23.4 Å². The third kappa shape index (κ3) is 5.33. The molecule has 2 aromatic heterocycles. The first-order chi connectivity index (χ1) is 14.8. The summed E-state index contributed by atoms with van der Waals surface area (Å²) in [7, 11) is -14.8. The van der Waals surface area contributed by atoms with Gasteiger partial charge in [0.05, 0.1) is 0 Å². The van der Waals surface area contributed by atoms with Crippen LogP contribution < -0.4 is 10.8 Å². The second kappa shape index (κ2) is 8.78. The monoisotopic (exact) mass is 518 g/mol. The Morgan fingerprint density at radius 3 is 2.53 bits per heavy atom. The van der Waals surface area contributed by atoms with Gasteiger partial charge in [0.25, 0.3) is 0 Å². The maximum atomic E-state index is 11.9. The number of fused-ring (bicyclic) bond motifs is 1. The zero-order chi connectivity index (χ0) is 23.9. The standard InChI is InChI=1S/C11H17N6O12P3/c1-13-30(20,21)28-32(24,25)29-31(22,23)26-2-5-7(18)8(19)11(27-5)17-4-16-6-9(12)14-3-15-10(6)17/h3-4,8,11,18-19H,2H2,1H3,(H,22,23)(H,24,25)(H2,12,14,15)(H2,13,20,21)/t8?,11-/m1/s1. The van der Waals surface area contributed by atoms with E-state index < -0.39 is 53.8 Å². The van der Waals surface area contributed by atoms with Gasteiger partial charge in [-0.25, -0.2) is 33.7 Å². The Hall–Kier alpha value is -1.94. The van der Waals surface area contributed by atoms with E-state index in [0.29, 0.717) is 0 Å². The van der Waals surface area contributed by atoms with Crippen LogP contribution in [0.3, 0.4) is 0 Å². The third-order valence-corrected chi connectivity index (χ3v) is 8.20. The van der Waals surface area contributed by atoms with Crippen molar-refractivity contribution < 1.29 is 56.5 Å². The van der Waals surface area contributed by atoms with Crippen molar-refractivity contribution in [2.45, 2.75) is 12.3 Å². The number of ether oxygens (including phenoxy) is 1. The van der Waals surface area contributed by atoms with E-state index in [1.54, 1.807) is 5.09 Å². The molecule has 0 spiro atoms. The summed E-state index contributed by atoms with van der Waals surface area (Å²) in [4.78, 5) is 39.7. The lowest BCUT2D eigenvalue weighted by Gasteiger charge is -2.19. The minimum Gasteiger partial charge on any atom is -0.506 e. The molecule has 3 heterocycles. The average molecular weight is 518 g/mol. The lowest BCUT2D eigenvalue weighted by Crippen LogP contribution is -2.22. The van der Waals surface area contributed by atoms with Gasteiger partial charge in [0, 0.05) is 0 Å². The summed E-state index contributed by atoms with van der Waals surface area (Å²) in [6.07, 6.45) is -0.711. The van der Waals surface area contributed by atoms with Gasteiger partial charge in [-0.1, -0.05) is 0 Å². The van der Waals surface area contributed by atoms with Crippen LogP contribution in [0.5, 0.6) is 0 Å². The topological polar surface area (TPSA) is 271 Å². The number of nitrogen functional groups attached to an aromatic ring is 1. The Kier molecular flexibility index (Phi) is 6.77. The Bertz CT molecular complexity index is 1200. The highest BCUT2D eigenvalue weighted by Gasteiger charge is 2.43. The van der Waals surface area contributed by atoms with Gasteiger partial charge in [-0.3, -0.25) is 9.09 Å². The van der Waals surface area contributed by atoms with Gasteiger partial charge in [-0.15, -0.1) is 0 Å². The predicted molar refractivity (Wildman–Crippen MR) is 102 cm³/mol. The van der Waals surface area contributed by atoms with E-state index >= 15 is 0 Å². The molecule has 0 saturated heterocycles. The van der Waals surface area contributed by atoms with Crippen LogP contribution in [-0.4, -0.2) is 64.2 Å². The van der Waals surface area contributed by atoms with Crippen molar-refractivity contribution in [2.75, 3.05) is 19.4 Å². The number of nitrogens with two attached hydrogens (primary N) is 1. The lowest BCUT2D eigenvalue weighted by molar-refractivity contribution is -0.0119. The second-order valence-electron chi connectivity index (χ2n) is 5.96. The first kappa shape index (κ1) is 24.7. The molecule has 21 heteroatoms. The highest BCUT2D eigenvalue weighted by molar-refractivity contribution is 7.67. The summed E-state index contributed by atoms with van der Waals surface area (Å²) in [6.45, 7) is -1.03. The summed E-state index contributed by atoms with van der Waals surface area (Å²) in [6, 6.07) is 0. The fourth-order valence-corrected chi connectivity index (χ4v) is 5.78. The molecule has 0 bridgehead atoms. The molecule has 0 saturated carbocycles. The molecular formula is C11H17N6O12P3. The molecule has 0 aromatic carbocycles. The molecule has 0 fully saturated rings. The summed E-state index contributed by atoms with van der Waals surface area (Å²) < 4.78 is 53.5. The molecule has 2 aromatic rings. The summed E-state index contributed by atoms with van der Waals surface area (Å²) in [5.74, 6) is -1.29. The van der Waals surface area contributed by atoms with Gasteiger partial charge >= 0.3 is 23.4 Å². The molecule has 1 aliphatic heterocycles. The van der Waals surface area contributed by atoms with Crippen LogP contribution in [0.4, 0.5) is 5.82 Å². The molecular weight excluding hydrogens is 501 g/mol. The van der Waals surface area contributed by atoms with Gasteiger partial charge in [-0.2, -0.15) is 8.62 Å².